The lowest BCUT2D eigenvalue weighted by molar-refractivity contribution is -0.383. The number of aromatic nitrogens is 2. The second-order valence-electron chi connectivity index (χ2n) is 3.34. The topological polar surface area (TPSA) is 128 Å². The van der Waals surface area contributed by atoms with Crippen molar-refractivity contribution in [2.24, 2.45) is 4.99 Å². The van der Waals surface area contributed by atoms with Crippen LogP contribution in [0.3, 0.4) is 0 Å². The van der Waals surface area contributed by atoms with Crippen LogP contribution in [0.2, 0.25) is 10.0 Å². The molecule has 19 heavy (non-hydrogen) atoms. The van der Waals surface area contributed by atoms with Gasteiger partial charge in [-0.25, -0.2) is 0 Å². The molecule has 0 saturated heterocycles. The minimum Gasteiger partial charge on any atom is -0.328 e. The molecule has 0 atom stereocenters. The highest BCUT2D eigenvalue weighted by Crippen LogP contribution is 2.36. The van der Waals surface area contributed by atoms with Gasteiger partial charge in [0.1, 0.15) is 10.5 Å². The van der Waals surface area contributed by atoms with E-state index in [1.807, 2.05) is 0 Å². The summed E-state index contributed by atoms with van der Waals surface area (Å²) in [6.45, 7) is 0. The van der Waals surface area contributed by atoms with E-state index in [-0.39, 0.29) is 26.6 Å². The van der Waals surface area contributed by atoms with Crippen molar-refractivity contribution in [2.45, 2.75) is 0 Å². The molecular weight excluding hydrogens is 297 g/mol. The third-order valence-electron chi connectivity index (χ3n) is 2.25. The second-order valence-corrected chi connectivity index (χ2v) is 4.13. The lowest BCUT2D eigenvalue weighted by Crippen LogP contribution is -2.30. The summed E-state index contributed by atoms with van der Waals surface area (Å²) in [7, 11) is 0. The Morgan fingerprint density at radius 3 is 2.68 bits per heavy atom. The summed E-state index contributed by atoms with van der Waals surface area (Å²) in [5.74, 6) is 0. The molecule has 1 aromatic carbocycles. The highest BCUT2D eigenvalue weighted by atomic mass is 35.5. The predicted molar refractivity (Wildman–Crippen MR) is 66.8 cm³/mol. The van der Waals surface area contributed by atoms with Gasteiger partial charge in [-0.2, -0.15) is 5.26 Å². The van der Waals surface area contributed by atoms with Gasteiger partial charge in [-0.15, -0.1) is 4.99 Å². The third kappa shape index (κ3) is 2.16. The zero-order valence-corrected chi connectivity index (χ0v) is 10.4. The predicted octanol–water partition coefficient (Wildman–Crippen LogP) is 1.45. The van der Waals surface area contributed by atoms with Crippen molar-refractivity contribution < 1.29 is 4.92 Å². The summed E-state index contributed by atoms with van der Waals surface area (Å²) >= 11 is 11.5. The molecule has 8 nitrogen and oxygen atoms in total. The van der Waals surface area contributed by atoms with Gasteiger partial charge >= 0.3 is 5.69 Å². The first-order valence-electron chi connectivity index (χ1n) is 4.67. The van der Waals surface area contributed by atoms with E-state index in [0.29, 0.717) is 0 Å². The van der Waals surface area contributed by atoms with Crippen molar-refractivity contribution in [3.8, 4) is 6.19 Å². The molecule has 0 saturated carbocycles. The Morgan fingerprint density at radius 1 is 1.42 bits per heavy atom. The van der Waals surface area contributed by atoms with Crippen molar-refractivity contribution >= 4 is 39.9 Å². The molecule has 2 rings (SSSR count). The number of halogens is 2. The number of nitriles is 1. The van der Waals surface area contributed by atoms with Gasteiger partial charge in [0.15, 0.2) is 0 Å². The largest absolute Gasteiger partial charge is 0.328 e. The molecule has 0 radical (unpaired) electrons. The molecule has 0 fully saturated rings. The Kier molecular flexibility index (Phi) is 3.25. The molecule has 1 heterocycles. The maximum absolute atomic E-state index is 11.5. The monoisotopic (exact) mass is 299 g/mol. The van der Waals surface area contributed by atoms with E-state index in [9.17, 15) is 14.9 Å². The molecule has 96 valence electrons. The number of fused-ring (bicyclic) bond motifs is 1. The highest BCUT2D eigenvalue weighted by molar-refractivity contribution is 6.44. The fraction of sp³-hybridized carbons (Fsp3) is 0. The molecule has 1 aromatic heterocycles. The first kappa shape index (κ1) is 13.1. The zero-order chi connectivity index (χ0) is 14.2. The summed E-state index contributed by atoms with van der Waals surface area (Å²) in [6.07, 6.45) is 1.41. The van der Waals surface area contributed by atoms with E-state index in [4.69, 9.17) is 28.5 Å². The van der Waals surface area contributed by atoms with Crippen LogP contribution in [0, 0.1) is 21.6 Å². The van der Waals surface area contributed by atoms with Gasteiger partial charge in [0, 0.05) is 0 Å². The van der Waals surface area contributed by atoms with E-state index in [2.05, 4.69) is 15.0 Å². The van der Waals surface area contributed by atoms with E-state index in [0.717, 1.165) is 0 Å². The van der Waals surface area contributed by atoms with Gasteiger partial charge in [0.2, 0.25) is 11.7 Å². The van der Waals surface area contributed by atoms with Crippen LogP contribution in [0.15, 0.2) is 15.9 Å². The van der Waals surface area contributed by atoms with Crippen LogP contribution in [0.25, 0.3) is 11.0 Å². The molecule has 2 aromatic rings. The lowest BCUT2D eigenvalue weighted by atomic mass is 10.2. The number of aromatic amines is 2. The van der Waals surface area contributed by atoms with Crippen LogP contribution in [0.4, 0.5) is 5.69 Å². The van der Waals surface area contributed by atoms with Gasteiger partial charge in [-0.3, -0.25) is 14.9 Å². The molecular formula is C9H3Cl2N5O3. The Balaban J connectivity index is 3.08. The van der Waals surface area contributed by atoms with Crippen LogP contribution >= 0.6 is 23.2 Å². The van der Waals surface area contributed by atoms with E-state index < -0.39 is 16.2 Å². The van der Waals surface area contributed by atoms with Gasteiger partial charge in [-0.1, -0.05) is 23.2 Å². The quantitative estimate of drug-likeness (QED) is 0.469. The maximum atomic E-state index is 11.5. The zero-order valence-electron chi connectivity index (χ0n) is 8.90. The smallest absolute Gasteiger partial charge is 0.314 e. The number of benzene rings is 1. The van der Waals surface area contributed by atoms with Crippen LogP contribution < -0.4 is 11.0 Å². The van der Waals surface area contributed by atoms with Crippen molar-refractivity contribution in [1.82, 2.24) is 9.97 Å². The van der Waals surface area contributed by atoms with Gasteiger partial charge in [-0.05, 0) is 6.07 Å². The molecule has 0 bridgehead atoms. The van der Waals surface area contributed by atoms with Crippen molar-refractivity contribution in [3.05, 3.63) is 42.1 Å². The summed E-state index contributed by atoms with van der Waals surface area (Å²) in [6, 6.07) is 1.26. The van der Waals surface area contributed by atoms with Crippen molar-refractivity contribution in [3.63, 3.8) is 0 Å². The van der Waals surface area contributed by atoms with Crippen LogP contribution in [-0.2, 0) is 0 Å². The van der Waals surface area contributed by atoms with E-state index in [1.54, 1.807) is 0 Å². The third-order valence-corrected chi connectivity index (χ3v) is 3.02. The Hall–Kier alpha value is -2.37. The Morgan fingerprint density at radius 2 is 2.11 bits per heavy atom. The van der Waals surface area contributed by atoms with Crippen LogP contribution in [0.5, 0.6) is 0 Å². The molecule has 0 amide bonds. The summed E-state index contributed by atoms with van der Waals surface area (Å²) in [5, 5.41) is 19.1. The van der Waals surface area contributed by atoms with Gasteiger partial charge < -0.3 is 9.97 Å². The van der Waals surface area contributed by atoms with E-state index in [1.165, 1.54) is 12.3 Å². The summed E-state index contributed by atoms with van der Waals surface area (Å²) in [4.78, 5) is 29.7. The number of nitro benzene ring substituents is 1. The first-order chi connectivity index (χ1) is 8.95. The molecule has 0 spiro atoms. The average Bonchev–Trinajstić information content (AvgIpc) is 2.32. The minimum absolute atomic E-state index is 0.0742. The second kappa shape index (κ2) is 4.72. The maximum Gasteiger partial charge on any atom is 0.314 e. The molecule has 2 N–H and O–H groups in total. The minimum atomic E-state index is -0.748. The van der Waals surface area contributed by atoms with Gasteiger partial charge in [0.25, 0.3) is 5.56 Å². The lowest BCUT2D eigenvalue weighted by Gasteiger charge is -2.03. The number of rotatable bonds is 1. The number of hydrogen-bond acceptors (Lipinski definition) is 5. The first-order valence-corrected chi connectivity index (χ1v) is 5.42. The number of nitrogens with one attached hydrogen (secondary N) is 2. The van der Waals surface area contributed by atoms with Crippen LogP contribution in [-0.4, -0.2) is 14.9 Å². The highest BCUT2D eigenvalue weighted by Gasteiger charge is 2.22. The summed E-state index contributed by atoms with van der Waals surface area (Å²) in [5.41, 5.74) is -1.57. The number of H-pyrrole nitrogens is 2. The molecule has 0 aliphatic heterocycles. The van der Waals surface area contributed by atoms with Gasteiger partial charge in [0.05, 0.1) is 15.5 Å². The Labute approximate surface area is 114 Å². The normalized spacial score (nSPS) is 11.5. The Bertz CT molecular complexity index is 861. The SMILES string of the molecule is N#C/N=c1/[nH]c2c([N+](=O)[O-])c(Cl)c(Cl)cc2[nH]c1=O. The van der Waals surface area contributed by atoms with Crippen LogP contribution in [0.1, 0.15) is 0 Å². The number of nitrogens with zero attached hydrogens (tertiary/aromatic N) is 3. The standard InChI is InChI=1S/C9H3Cl2N5O3/c10-3-1-4-6(7(5(3)11)16(18)19)15-8(13-2-12)9(17)14-4/h1H,(H,13,15)(H,14,17). The van der Waals surface area contributed by atoms with E-state index >= 15 is 0 Å². The van der Waals surface area contributed by atoms with Crippen molar-refractivity contribution in [2.75, 3.05) is 0 Å². The number of nitro groups is 1. The van der Waals surface area contributed by atoms with Crippen molar-refractivity contribution in [1.29, 1.82) is 5.26 Å². The molecule has 0 unspecified atom stereocenters. The average molecular weight is 300 g/mol. The molecule has 0 aliphatic rings. The fourth-order valence-corrected chi connectivity index (χ4v) is 1.91. The molecule has 0 aliphatic carbocycles. The number of hydrogen-bond donors (Lipinski definition) is 2. The fourth-order valence-electron chi connectivity index (χ4n) is 1.49. The summed E-state index contributed by atoms with van der Waals surface area (Å²) < 4.78 is 0. The molecule has 10 heteroatoms.